The van der Waals surface area contributed by atoms with E-state index >= 15 is 0 Å². The quantitative estimate of drug-likeness (QED) is 0.921. The van der Waals surface area contributed by atoms with Crippen LogP contribution in [0.5, 0.6) is 0 Å². The molecule has 2 aromatic rings. The second-order valence-corrected chi connectivity index (χ2v) is 6.51. The Kier molecular flexibility index (Phi) is 4.29. The maximum atomic E-state index is 12.1. The van der Waals surface area contributed by atoms with E-state index in [-0.39, 0.29) is 5.75 Å². The van der Waals surface area contributed by atoms with Crippen LogP contribution in [0.25, 0.3) is 0 Å². The van der Waals surface area contributed by atoms with Gasteiger partial charge >= 0.3 is 0 Å². The van der Waals surface area contributed by atoms with Crippen LogP contribution in [-0.2, 0) is 15.8 Å². The lowest BCUT2D eigenvalue weighted by Crippen LogP contribution is -2.15. The summed E-state index contributed by atoms with van der Waals surface area (Å²) in [5, 5.41) is 0. The first-order valence-electron chi connectivity index (χ1n) is 6.28. The Hall–Kier alpha value is -2.01. The summed E-state index contributed by atoms with van der Waals surface area (Å²) in [6.07, 6.45) is 0. The van der Waals surface area contributed by atoms with Crippen molar-refractivity contribution in [2.75, 3.05) is 23.7 Å². The first-order chi connectivity index (χ1) is 9.46. The molecule has 0 unspecified atom stereocenters. The number of hydrogen-bond acceptors (Lipinski definition) is 3. The lowest BCUT2D eigenvalue weighted by molar-refractivity contribution is 0.600. The third-order valence-electron chi connectivity index (χ3n) is 2.86. The van der Waals surface area contributed by atoms with Crippen LogP contribution in [0, 0.1) is 0 Å². The van der Waals surface area contributed by atoms with Gasteiger partial charge in [-0.25, -0.2) is 8.42 Å². The zero-order chi connectivity index (χ0) is 14.6. The minimum Gasteiger partial charge on any atom is -0.378 e. The van der Waals surface area contributed by atoms with Crippen LogP contribution in [-0.4, -0.2) is 22.5 Å². The van der Waals surface area contributed by atoms with Crippen LogP contribution in [0.3, 0.4) is 0 Å². The fourth-order valence-electron chi connectivity index (χ4n) is 1.84. The van der Waals surface area contributed by atoms with Gasteiger partial charge in [-0.3, -0.25) is 4.72 Å². The van der Waals surface area contributed by atoms with E-state index < -0.39 is 10.0 Å². The molecule has 4 nitrogen and oxygen atoms in total. The van der Waals surface area contributed by atoms with Gasteiger partial charge in [0.15, 0.2) is 0 Å². The van der Waals surface area contributed by atoms with Gasteiger partial charge in [-0.05, 0) is 29.8 Å². The van der Waals surface area contributed by atoms with Gasteiger partial charge in [0.25, 0.3) is 0 Å². The molecule has 0 aliphatic carbocycles. The molecule has 0 saturated carbocycles. The molecule has 0 saturated heterocycles. The maximum absolute atomic E-state index is 12.1. The molecule has 20 heavy (non-hydrogen) atoms. The van der Waals surface area contributed by atoms with E-state index in [2.05, 4.69) is 4.72 Å². The summed E-state index contributed by atoms with van der Waals surface area (Å²) in [6, 6.07) is 16.4. The lowest BCUT2D eigenvalue weighted by atomic mass is 10.2. The third-order valence-corrected chi connectivity index (χ3v) is 4.12. The van der Waals surface area contributed by atoms with Gasteiger partial charge in [0.1, 0.15) is 0 Å². The van der Waals surface area contributed by atoms with Gasteiger partial charge in [0.2, 0.25) is 10.0 Å². The molecule has 106 valence electrons. The third kappa shape index (κ3) is 3.99. The number of nitrogens with one attached hydrogen (secondary N) is 1. The highest BCUT2D eigenvalue weighted by Gasteiger charge is 2.11. The number of sulfonamides is 1. The molecule has 0 amide bonds. The normalized spacial score (nSPS) is 11.1. The van der Waals surface area contributed by atoms with Crippen LogP contribution in [0.15, 0.2) is 54.6 Å². The van der Waals surface area contributed by atoms with Gasteiger partial charge in [0.05, 0.1) is 5.75 Å². The summed E-state index contributed by atoms with van der Waals surface area (Å²) in [4.78, 5) is 1.96. The van der Waals surface area contributed by atoms with E-state index in [4.69, 9.17) is 0 Å². The van der Waals surface area contributed by atoms with Gasteiger partial charge in [0, 0.05) is 25.5 Å². The van der Waals surface area contributed by atoms with Crippen molar-refractivity contribution in [1.82, 2.24) is 0 Å². The molecule has 0 atom stereocenters. The topological polar surface area (TPSA) is 49.4 Å². The van der Waals surface area contributed by atoms with Crippen molar-refractivity contribution in [3.63, 3.8) is 0 Å². The SMILES string of the molecule is CN(C)c1ccc(NS(=O)(=O)Cc2ccccc2)cc1. The monoisotopic (exact) mass is 290 g/mol. The number of rotatable bonds is 5. The number of nitrogens with zero attached hydrogens (tertiary/aromatic N) is 1. The molecule has 2 aromatic carbocycles. The molecule has 0 aliphatic heterocycles. The number of benzene rings is 2. The van der Waals surface area contributed by atoms with Gasteiger partial charge < -0.3 is 4.90 Å². The highest BCUT2D eigenvalue weighted by Crippen LogP contribution is 2.17. The van der Waals surface area contributed by atoms with E-state index in [1.807, 2.05) is 49.3 Å². The molecule has 5 heteroatoms. The summed E-state index contributed by atoms with van der Waals surface area (Å²) in [6.45, 7) is 0. The fraction of sp³-hybridized carbons (Fsp3) is 0.200. The zero-order valence-corrected chi connectivity index (χ0v) is 12.4. The molecule has 0 fully saturated rings. The molecule has 0 radical (unpaired) electrons. The minimum absolute atomic E-state index is 0.0245. The predicted octanol–water partition coefficient (Wildman–Crippen LogP) is 2.69. The predicted molar refractivity (Wildman–Crippen MR) is 83.5 cm³/mol. The summed E-state index contributed by atoms with van der Waals surface area (Å²) < 4.78 is 26.7. The van der Waals surface area contributed by atoms with Crippen LogP contribution < -0.4 is 9.62 Å². The molecular weight excluding hydrogens is 272 g/mol. The van der Waals surface area contributed by atoms with Gasteiger partial charge in [-0.1, -0.05) is 30.3 Å². The van der Waals surface area contributed by atoms with Crippen molar-refractivity contribution in [3.8, 4) is 0 Å². The van der Waals surface area contributed by atoms with Crippen molar-refractivity contribution in [2.24, 2.45) is 0 Å². The molecule has 0 aromatic heterocycles. The van der Waals surface area contributed by atoms with Crippen LogP contribution in [0.2, 0.25) is 0 Å². The Morgan fingerprint density at radius 3 is 2.10 bits per heavy atom. The van der Waals surface area contributed by atoms with Crippen molar-refractivity contribution in [1.29, 1.82) is 0 Å². The van der Waals surface area contributed by atoms with Crippen LogP contribution >= 0.6 is 0 Å². The average Bonchev–Trinajstić information content (AvgIpc) is 2.39. The summed E-state index contributed by atoms with van der Waals surface area (Å²) >= 11 is 0. The fourth-order valence-corrected chi connectivity index (χ4v) is 3.04. The zero-order valence-electron chi connectivity index (χ0n) is 11.6. The second-order valence-electron chi connectivity index (χ2n) is 4.79. The van der Waals surface area contributed by atoms with Crippen LogP contribution in [0.4, 0.5) is 11.4 Å². The molecule has 2 rings (SSSR count). The Morgan fingerprint density at radius 2 is 1.55 bits per heavy atom. The number of anilines is 2. The Bertz CT molecular complexity index is 650. The van der Waals surface area contributed by atoms with E-state index in [0.717, 1.165) is 11.3 Å². The Morgan fingerprint density at radius 1 is 0.950 bits per heavy atom. The highest BCUT2D eigenvalue weighted by molar-refractivity contribution is 7.91. The molecule has 0 spiro atoms. The van der Waals surface area contributed by atoms with E-state index in [1.54, 1.807) is 24.3 Å². The van der Waals surface area contributed by atoms with Crippen LogP contribution in [0.1, 0.15) is 5.56 Å². The first kappa shape index (κ1) is 14.4. The summed E-state index contributed by atoms with van der Waals surface area (Å²) in [7, 11) is 0.494. The molecular formula is C15H18N2O2S. The molecule has 0 bridgehead atoms. The summed E-state index contributed by atoms with van der Waals surface area (Å²) in [5.41, 5.74) is 2.37. The van der Waals surface area contributed by atoms with Gasteiger partial charge in [-0.15, -0.1) is 0 Å². The van der Waals surface area contributed by atoms with E-state index in [9.17, 15) is 8.42 Å². The van der Waals surface area contributed by atoms with E-state index in [1.165, 1.54) is 0 Å². The first-order valence-corrected chi connectivity index (χ1v) is 7.93. The highest BCUT2D eigenvalue weighted by atomic mass is 32.2. The van der Waals surface area contributed by atoms with Crippen molar-refractivity contribution in [3.05, 3.63) is 60.2 Å². The number of hydrogen-bond donors (Lipinski definition) is 1. The Balaban J connectivity index is 2.08. The van der Waals surface area contributed by atoms with Crippen molar-refractivity contribution in [2.45, 2.75) is 5.75 Å². The smallest absolute Gasteiger partial charge is 0.236 e. The average molecular weight is 290 g/mol. The van der Waals surface area contributed by atoms with E-state index in [0.29, 0.717) is 5.69 Å². The van der Waals surface area contributed by atoms with Gasteiger partial charge in [-0.2, -0.15) is 0 Å². The Labute approximate surface area is 120 Å². The standard InChI is InChI=1S/C15H18N2O2S/c1-17(2)15-10-8-14(9-11-15)16-20(18,19)12-13-6-4-3-5-7-13/h3-11,16H,12H2,1-2H3. The molecule has 1 N–H and O–H groups in total. The maximum Gasteiger partial charge on any atom is 0.236 e. The second kappa shape index (κ2) is 5.96. The minimum atomic E-state index is -3.38. The van der Waals surface area contributed by atoms with Crippen molar-refractivity contribution < 1.29 is 8.42 Å². The largest absolute Gasteiger partial charge is 0.378 e. The molecule has 0 heterocycles. The lowest BCUT2D eigenvalue weighted by Gasteiger charge is -2.13. The molecule has 0 aliphatic rings. The van der Waals surface area contributed by atoms with Crippen molar-refractivity contribution >= 4 is 21.4 Å². The summed E-state index contributed by atoms with van der Waals surface area (Å²) in [5.74, 6) is -0.0245.